The van der Waals surface area contributed by atoms with Crippen molar-refractivity contribution in [2.75, 3.05) is 38.6 Å². The second kappa shape index (κ2) is 11.0. The molecule has 4 rings (SSSR count). The number of benzene rings is 1. The van der Waals surface area contributed by atoms with Gasteiger partial charge in [-0.15, -0.1) is 0 Å². The fourth-order valence-corrected chi connectivity index (χ4v) is 5.07. The average molecular weight is 492 g/mol. The summed E-state index contributed by atoms with van der Waals surface area (Å²) in [6.07, 6.45) is 6.05. The van der Waals surface area contributed by atoms with Crippen LogP contribution < -0.4 is 5.32 Å². The van der Waals surface area contributed by atoms with Gasteiger partial charge >= 0.3 is 0 Å². The molecule has 0 radical (unpaired) electrons. The van der Waals surface area contributed by atoms with Crippen molar-refractivity contribution in [3.8, 4) is 0 Å². The number of nitrogens with one attached hydrogen (secondary N) is 1. The number of ether oxygens (including phenoxy) is 1. The summed E-state index contributed by atoms with van der Waals surface area (Å²) in [6, 6.07) is 6.01. The molecule has 1 unspecified atom stereocenters. The summed E-state index contributed by atoms with van der Waals surface area (Å²) < 4.78 is 5.57. The van der Waals surface area contributed by atoms with Crippen LogP contribution in [-0.4, -0.2) is 71.1 Å². The van der Waals surface area contributed by atoms with Gasteiger partial charge in [-0.1, -0.05) is 29.3 Å². The van der Waals surface area contributed by atoms with Crippen molar-refractivity contribution in [1.82, 2.24) is 19.8 Å². The highest BCUT2D eigenvalue weighted by molar-refractivity contribution is 6.42. The summed E-state index contributed by atoms with van der Waals surface area (Å²) in [5.41, 5.74) is 2.19. The lowest BCUT2D eigenvalue weighted by Gasteiger charge is -2.42. The molecule has 0 bridgehead atoms. The summed E-state index contributed by atoms with van der Waals surface area (Å²) in [4.78, 5) is 26.4. The molecule has 3 heterocycles. The van der Waals surface area contributed by atoms with Crippen LogP contribution in [0.25, 0.3) is 0 Å². The third-order valence-corrected chi connectivity index (χ3v) is 7.48. The average Bonchev–Trinajstić information content (AvgIpc) is 2.85. The summed E-state index contributed by atoms with van der Waals surface area (Å²) >= 11 is 12.1. The zero-order valence-electron chi connectivity index (χ0n) is 19.2. The minimum absolute atomic E-state index is 0.0284. The lowest BCUT2D eigenvalue weighted by atomic mass is 9.98. The molecule has 1 aromatic carbocycles. The van der Waals surface area contributed by atoms with Gasteiger partial charge in [-0.3, -0.25) is 9.69 Å². The molecule has 0 saturated carbocycles. The molecule has 1 aromatic heterocycles. The number of carbonyl (C=O) groups excluding carboxylic acids is 1. The van der Waals surface area contributed by atoms with Gasteiger partial charge in [0.2, 0.25) is 0 Å². The Kier molecular flexibility index (Phi) is 8.07. The first-order valence-corrected chi connectivity index (χ1v) is 12.3. The number of halogens is 2. The maximum Gasteiger partial charge on any atom is 0.272 e. The van der Waals surface area contributed by atoms with Gasteiger partial charge in [0.05, 0.1) is 16.1 Å². The zero-order chi connectivity index (χ0) is 23.4. The van der Waals surface area contributed by atoms with E-state index in [1.165, 1.54) is 12.7 Å². The number of carbonyl (C=O) groups is 1. The lowest BCUT2D eigenvalue weighted by molar-refractivity contribution is 0.00163. The van der Waals surface area contributed by atoms with Crippen LogP contribution in [0, 0.1) is 6.92 Å². The molecule has 178 valence electrons. The Balaban J connectivity index is 1.36. The highest BCUT2D eigenvalue weighted by Crippen LogP contribution is 2.25. The van der Waals surface area contributed by atoms with E-state index in [1.54, 1.807) is 13.2 Å². The van der Waals surface area contributed by atoms with Gasteiger partial charge in [0, 0.05) is 44.9 Å². The normalized spacial score (nSPS) is 20.1. The van der Waals surface area contributed by atoms with Crippen LogP contribution in [0.5, 0.6) is 0 Å². The van der Waals surface area contributed by atoms with Crippen LogP contribution in [-0.2, 0) is 11.3 Å². The van der Waals surface area contributed by atoms with Crippen molar-refractivity contribution in [3.05, 3.63) is 51.4 Å². The van der Waals surface area contributed by atoms with Crippen molar-refractivity contribution in [2.45, 2.75) is 51.3 Å². The molecule has 2 aliphatic heterocycles. The van der Waals surface area contributed by atoms with Crippen molar-refractivity contribution in [2.24, 2.45) is 0 Å². The Hall–Kier alpha value is -1.93. The van der Waals surface area contributed by atoms with E-state index in [9.17, 15) is 4.79 Å². The van der Waals surface area contributed by atoms with Crippen LogP contribution in [0.15, 0.2) is 24.5 Å². The third-order valence-electron chi connectivity index (χ3n) is 6.74. The smallest absolute Gasteiger partial charge is 0.272 e. The van der Waals surface area contributed by atoms with E-state index in [4.69, 9.17) is 27.9 Å². The molecule has 1 amide bonds. The van der Waals surface area contributed by atoms with Gasteiger partial charge in [-0.05, 0) is 56.8 Å². The first kappa shape index (κ1) is 24.2. The molecule has 9 heteroatoms. The molecular weight excluding hydrogens is 461 g/mol. The molecule has 2 aromatic rings. The predicted octanol–water partition coefficient (Wildman–Crippen LogP) is 4.42. The molecule has 2 saturated heterocycles. The van der Waals surface area contributed by atoms with E-state index in [0.717, 1.165) is 56.6 Å². The number of methoxy groups -OCH3 is 1. The molecule has 7 nitrogen and oxygen atoms in total. The number of amides is 1. The predicted molar refractivity (Wildman–Crippen MR) is 131 cm³/mol. The number of rotatable bonds is 6. The summed E-state index contributed by atoms with van der Waals surface area (Å²) in [5, 5.41) is 4.33. The van der Waals surface area contributed by atoms with Crippen molar-refractivity contribution >= 4 is 34.9 Å². The van der Waals surface area contributed by atoms with E-state index in [1.807, 2.05) is 24.0 Å². The zero-order valence-corrected chi connectivity index (χ0v) is 20.7. The number of piperidine rings is 2. The maximum atomic E-state index is 13.3. The van der Waals surface area contributed by atoms with Gasteiger partial charge in [0.1, 0.15) is 17.8 Å². The molecular formula is C24H31Cl2N5O2. The Morgan fingerprint density at radius 1 is 1.15 bits per heavy atom. The van der Waals surface area contributed by atoms with Crippen molar-refractivity contribution in [3.63, 3.8) is 0 Å². The second-order valence-corrected chi connectivity index (χ2v) is 9.63. The van der Waals surface area contributed by atoms with Crippen LogP contribution in [0.1, 0.15) is 47.3 Å². The summed E-state index contributed by atoms with van der Waals surface area (Å²) in [7, 11) is 1.80. The number of hydrogen-bond donors (Lipinski definition) is 1. The SMILES string of the molecule is COC1CCCN(C2CCN(C(=O)c3ncnc(NCc4ccc(Cl)c(Cl)c4)c3C)CC2)C1. The van der Waals surface area contributed by atoms with Crippen LogP contribution >= 0.6 is 23.2 Å². The van der Waals surface area contributed by atoms with Crippen molar-refractivity contribution < 1.29 is 9.53 Å². The summed E-state index contributed by atoms with van der Waals surface area (Å²) in [5.74, 6) is 0.618. The summed E-state index contributed by atoms with van der Waals surface area (Å²) in [6.45, 7) is 6.01. The van der Waals surface area contributed by atoms with Gasteiger partial charge in [-0.2, -0.15) is 0 Å². The Bertz CT molecular complexity index is 981. The molecule has 1 atom stereocenters. The molecule has 2 aliphatic rings. The Morgan fingerprint density at radius 3 is 2.67 bits per heavy atom. The van der Waals surface area contributed by atoms with Gasteiger partial charge < -0.3 is 15.0 Å². The fourth-order valence-electron chi connectivity index (χ4n) is 4.75. The largest absolute Gasteiger partial charge is 0.380 e. The van der Waals surface area contributed by atoms with Crippen molar-refractivity contribution in [1.29, 1.82) is 0 Å². The fraction of sp³-hybridized carbons (Fsp3) is 0.542. The number of hydrogen-bond acceptors (Lipinski definition) is 6. The Labute approximate surface area is 205 Å². The van der Waals surface area contributed by atoms with Gasteiger partial charge in [0.25, 0.3) is 5.91 Å². The topological polar surface area (TPSA) is 70.6 Å². The second-order valence-electron chi connectivity index (χ2n) is 8.82. The molecule has 33 heavy (non-hydrogen) atoms. The highest BCUT2D eigenvalue weighted by atomic mass is 35.5. The molecule has 0 aliphatic carbocycles. The first-order valence-electron chi connectivity index (χ1n) is 11.5. The minimum Gasteiger partial charge on any atom is -0.380 e. The number of nitrogens with zero attached hydrogens (tertiary/aromatic N) is 4. The number of likely N-dealkylation sites (tertiary alicyclic amines) is 2. The quantitative estimate of drug-likeness (QED) is 0.644. The van der Waals surface area contributed by atoms with Crippen LogP contribution in [0.3, 0.4) is 0 Å². The highest BCUT2D eigenvalue weighted by Gasteiger charge is 2.31. The van der Waals surface area contributed by atoms with Gasteiger partial charge in [0.15, 0.2) is 0 Å². The van der Waals surface area contributed by atoms with Crippen LogP contribution in [0.4, 0.5) is 5.82 Å². The number of aromatic nitrogens is 2. The molecule has 2 fully saturated rings. The standard InChI is InChI=1S/C24H31Cl2N5O2/c1-16-22(28-15-29-23(16)27-13-17-5-6-20(25)21(26)12-17)24(32)30-10-7-18(8-11-30)31-9-3-4-19(14-31)33-2/h5-6,12,15,18-19H,3-4,7-11,13-14H2,1-2H3,(H,27,28,29). The van der Waals surface area contributed by atoms with E-state index >= 15 is 0 Å². The molecule has 0 spiro atoms. The van der Waals surface area contributed by atoms with E-state index in [0.29, 0.717) is 40.2 Å². The monoisotopic (exact) mass is 491 g/mol. The lowest BCUT2D eigenvalue weighted by Crippen LogP contribution is -2.51. The number of anilines is 1. The van der Waals surface area contributed by atoms with Gasteiger partial charge in [-0.25, -0.2) is 9.97 Å². The van der Waals surface area contributed by atoms with E-state index in [2.05, 4.69) is 20.2 Å². The molecule has 1 N–H and O–H groups in total. The minimum atomic E-state index is -0.0284. The Morgan fingerprint density at radius 2 is 1.94 bits per heavy atom. The van der Waals surface area contributed by atoms with E-state index < -0.39 is 0 Å². The first-order chi connectivity index (χ1) is 16.0. The maximum absolute atomic E-state index is 13.3. The van der Waals surface area contributed by atoms with E-state index in [-0.39, 0.29) is 5.91 Å². The third kappa shape index (κ3) is 5.77. The van der Waals surface area contributed by atoms with Crippen LogP contribution in [0.2, 0.25) is 10.0 Å².